The Balaban J connectivity index is 2.44. The molecule has 21 heavy (non-hydrogen) atoms. The molecule has 0 aliphatic rings. The number of benzene rings is 1. The lowest BCUT2D eigenvalue weighted by Gasteiger charge is -2.11. The van der Waals surface area contributed by atoms with Crippen molar-refractivity contribution in [1.82, 2.24) is 4.98 Å². The van der Waals surface area contributed by atoms with Crippen LogP contribution < -0.4 is 5.32 Å². The number of nitrogens with zero attached hydrogens (tertiary/aromatic N) is 2. The van der Waals surface area contributed by atoms with E-state index in [0.717, 1.165) is 17.8 Å². The number of halogens is 1. The molecule has 1 aromatic carbocycles. The van der Waals surface area contributed by atoms with E-state index in [2.05, 4.69) is 10.3 Å². The Labute approximate surface area is 124 Å². The average molecular weight is 308 g/mol. The molecule has 2 aromatic rings. The number of carbonyl (C=O) groups is 1. The molecular weight excluding hydrogens is 298 g/mol. The Kier molecular flexibility index (Phi) is 4.04. The van der Waals surface area contributed by atoms with Crippen LogP contribution >= 0.6 is 11.6 Å². The zero-order valence-electron chi connectivity index (χ0n) is 10.8. The van der Waals surface area contributed by atoms with E-state index in [4.69, 9.17) is 16.7 Å². The van der Waals surface area contributed by atoms with Crippen LogP contribution in [0.15, 0.2) is 30.5 Å². The molecule has 1 heterocycles. The van der Waals surface area contributed by atoms with Crippen LogP contribution in [0, 0.1) is 17.0 Å². The third kappa shape index (κ3) is 3.09. The SMILES string of the molecule is Cc1cccc(Cl)c1Nc1cc(C(=O)O)c([N+](=O)[O-])cn1. The van der Waals surface area contributed by atoms with Gasteiger partial charge in [0.05, 0.1) is 15.6 Å². The summed E-state index contributed by atoms with van der Waals surface area (Å²) >= 11 is 6.05. The average Bonchev–Trinajstić information content (AvgIpc) is 2.42. The standard InChI is InChI=1S/C13H10ClN3O4/c1-7-3-2-4-9(14)12(7)16-11-5-8(13(18)19)10(6-15-11)17(20)21/h2-6H,1H3,(H,15,16)(H,18,19). The zero-order valence-corrected chi connectivity index (χ0v) is 11.6. The van der Waals surface area contributed by atoms with Crippen molar-refractivity contribution in [2.45, 2.75) is 6.92 Å². The summed E-state index contributed by atoms with van der Waals surface area (Å²) in [7, 11) is 0. The van der Waals surface area contributed by atoms with Crippen molar-refractivity contribution in [3.05, 3.63) is 56.7 Å². The molecule has 0 bridgehead atoms. The number of para-hydroxylation sites is 1. The van der Waals surface area contributed by atoms with Gasteiger partial charge in [0.25, 0.3) is 0 Å². The second-order valence-electron chi connectivity index (χ2n) is 4.21. The van der Waals surface area contributed by atoms with Crippen molar-refractivity contribution in [1.29, 1.82) is 0 Å². The Hall–Kier alpha value is -2.67. The van der Waals surface area contributed by atoms with Gasteiger partial charge < -0.3 is 10.4 Å². The van der Waals surface area contributed by atoms with Gasteiger partial charge in [0.1, 0.15) is 17.6 Å². The fourth-order valence-corrected chi connectivity index (χ4v) is 2.02. The van der Waals surface area contributed by atoms with Gasteiger partial charge in [0, 0.05) is 6.07 Å². The third-order valence-electron chi connectivity index (χ3n) is 2.79. The van der Waals surface area contributed by atoms with E-state index in [1.807, 2.05) is 13.0 Å². The molecule has 0 aliphatic carbocycles. The number of carboxylic acids is 1. The largest absolute Gasteiger partial charge is 0.477 e. The number of carboxylic acid groups (broad SMARTS) is 1. The van der Waals surface area contributed by atoms with Gasteiger partial charge in [0.15, 0.2) is 0 Å². The van der Waals surface area contributed by atoms with E-state index in [1.54, 1.807) is 12.1 Å². The number of pyridine rings is 1. The first-order valence-corrected chi connectivity index (χ1v) is 6.18. The predicted molar refractivity (Wildman–Crippen MR) is 77.3 cm³/mol. The maximum atomic E-state index is 11.1. The normalized spacial score (nSPS) is 10.2. The van der Waals surface area contributed by atoms with Crippen LogP contribution in [0.1, 0.15) is 15.9 Å². The number of hydrogen-bond donors (Lipinski definition) is 2. The van der Waals surface area contributed by atoms with Gasteiger partial charge in [-0.25, -0.2) is 9.78 Å². The van der Waals surface area contributed by atoms with E-state index in [1.165, 1.54) is 0 Å². The Morgan fingerprint density at radius 2 is 2.19 bits per heavy atom. The van der Waals surface area contributed by atoms with Crippen LogP contribution in [0.25, 0.3) is 0 Å². The summed E-state index contributed by atoms with van der Waals surface area (Å²) in [5.74, 6) is -1.24. The van der Waals surface area contributed by atoms with Gasteiger partial charge in [-0.05, 0) is 18.6 Å². The van der Waals surface area contributed by atoms with Gasteiger partial charge in [-0.15, -0.1) is 0 Å². The van der Waals surface area contributed by atoms with Crippen molar-refractivity contribution in [3.63, 3.8) is 0 Å². The van der Waals surface area contributed by atoms with Crippen LogP contribution in [0.4, 0.5) is 17.2 Å². The molecule has 7 nitrogen and oxygen atoms in total. The number of nitro groups is 1. The van der Waals surface area contributed by atoms with E-state index < -0.39 is 22.1 Å². The smallest absolute Gasteiger partial charge is 0.342 e. The summed E-state index contributed by atoms with van der Waals surface area (Å²) in [5, 5.41) is 23.1. The van der Waals surface area contributed by atoms with Crippen molar-refractivity contribution in [3.8, 4) is 0 Å². The van der Waals surface area contributed by atoms with E-state index in [9.17, 15) is 14.9 Å². The second-order valence-corrected chi connectivity index (χ2v) is 4.61. The monoisotopic (exact) mass is 307 g/mol. The maximum absolute atomic E-state index is 11.1. The van der Waals surface area contributed by atoms with Crippen LogP contribution in [0.5, 0.6) is 0 Å². The Morgan fingerprint density at radius 1 is 1.48 bits per heavy atom. The summed E-state index contributed by atoms with van der Waals surface area (Å²) < 4.78 is 0. The first-order valence-electron chi connectivity index (χ1n) is 5.80. The van der Waals surface area contributed by atoms with Crippen LogP contribution in [-0.2, 0) is 0 Å². The Morgan fingerprint density at radius 3 is 2.76 bits per heavy atom. The first-order chi connectivity index (χ1) is 9.90. The molecule has 0 unspecified atom stereocenters. The number of nitrogens with one attached hydrogen (secondary N) is 1. The third-order valence-corrected chi connectivity index (χ3v) is 3.10. The fourth-order valence-electron chi connectivity index (χ4n) is 1.75. The van der Waals surface area contributed by atoms with Crippen molar-refractivity contribution >= 4 is 34.8 Å². The zero-order chi connectivity index (χ0) is 15.6. The predicted octanol–water partition coefficient (Wildman–Crippen LogP) is 3.39. The van der Waals surface area contributed by atoms with Gasteiger partial charge >= 0.3 is 11.7 Å². The number of anilines is 2. The molecule has 2 N–H and O–H groups in total. The highest BCUT2D eigenvalue weighted by Gasteiger charge is 2.21. The topological polar surface area (TPSA) is 105 Å². The highest BCUT2D eigenvalue weighted by Crippen LogP contribution is 2.29. The van der Waals surface area contributed by atoms with E-state index in [-0.39, 0.29) is 5.82 Å². The Bertz CT molecular complexity index is 713. The minimum Gasteiger partial charge on any atom is -0.477 e. The molecule has 0 amide bonds. The van der Waals surface area contributed by atoms with Gasteiger partial charge in [0.2, 0.25) is 0 Å². The number of hydrogen-bond acceptors (Lipinski definition) is 5. The van der Waals surface area contributed by atoms with Gasteiger partial charge in [-0.2, -0.15) is 0 Å². The van der Waals surface area contributed by atoms with Crippen LogP contribution in [-0.4, -0.2) is 21.0 Å². The first kappa shape index (κ1) is 14.7. The molecule has 0 atom stereocenters. The number of rotatable bonds is 4. The molecule has 8 heteroatoms. The lowest BCUT2D eigenvalue weighted by atomic mass is 10.2. The lowest BCUT2D eigenvalue weighted by molar-refractivity contribution is -0.385. The molecule has 0 radical (unpaired) electrons. The minimum absolute atomic E-state index is 0.161. The molecular formula is C13H10ClN3O4. The number of aromatic carboxylic acids is 1. The second kappa shape index (κ2) is 5.76. The fraction of sp³-hybridized carbons (Fsp3) is 0.0769. The molecule has 2 rings (SSSR count). The maximum Gasteiger partial charge on any atom is 0.342 e. The molecule has 108 valence electrons. The molecule has 0 saturated carbocycles. The number of aryl methyl sites for hydroxylation is 1. The highest BCUT2D eigenvalue weighted by atomic mass is 35.5. The molecule has 1 aromatic heterocycles. The molecule has 0 saturated heterocycles. The number of aromatic nitrogens is 1. The highest BCUT2D eigenvalue weighted by molar-refractivity contribution is 6.33. The summed E-state index contributed by atoms with van der Waals surface area (Å²) in [5.41, 5.74) is 0.391. The quantitative estimate of drug-likeness (QED) is 0.662. The molecule has 0 spiro atoms. The summed E-state index contributed by atoms with van der Waals surface area (Å²) in [6, 6.07) is 6.36. The summed E-state index contributed by atoms with van der Waals surface area (Å²) in [4.78, 5) is 24.9. The van der Waals surface area contributed by atoms with Crippen molar-refractivity contribution < 1.29 is 14.8 Å². The van der Waals surface area contributed by atoms with E-state index >= 15 is 0 Å². The summed E-state index contributed by atoms with van der Waals surface area (Å²) in [6.07, 6.45) is 0.901. The van der Waals surface area contributed by atoms with Crippen molar-refractivity contribution in [2.24, 2.45) is 0 Å². The van der Waals surface area contributed by atoms with Crippen LogP contribution in [0.2, 0.25) is 5.02 Å². The lowest BCUT2D eigenvalue weighted by Crippen LogP contribution is -2.05. The molecule has 0 fully saturated rings. The van der Waals surface area contributed by atoms with Crippen LogP contribution in [0.3, 0.4) is 0 Å². The van der Waals surface area contributed by atoms with Gasteiger partial charge in [-0.1, -0.05) is 23.7 Å². The van der Waals surface area contributed by atoms with Gasteiger partial charge in [-0.3, -0.25) is 10.1 Å². The minimum atomic E-state index is -1.40. The summed E-state index contributed by atoms with van der Waals surface area (Å²) in [6.45, 7) is 1.82. The molecule has 0 aliphatic heterocycles. The van der Waals surface area contributed by atoms with Crippen molar-refractivity contribution in [2.75, 3.05) is 5.32 Å². The van der Waals surface area contributed by atoms with E-state index in [0.29, 0.717) is 10.7 Å².